The summed E-state index contributed by atoms with van der Waals surface area (Å²) < 4.78 is 15.1. The Balaban J connectivity index is 2.32. The molecule has 1 fully saturated rings. The van der Waals surface area contributed by atoms with Crippen molar-refractivity contribution in [3.05, 3.63) is 23.5 Å². The molecule has 0 N–H and O–H groups in total. The molecule has 0 aliphatic carbocycles. The number of carbonyl (C=O) groups excluding carboxylic acids is 2. The maximum atomic E-state index is 15.1. The molecule has 2 amide bonds. The number of anilines is 1. The zero-order valence-corrected chi connectivity index (χ0v) is 18.4. The number of carbonyl (C=O) groups is 2. The standard InChI is InChI=1S/C19H25FN4O2S2/c1-19(2)17(26)24(13-9-8-12(11-21)16(28-5)15(13)20)18(27)23(19)10-6-7-14(25)22(3)4/h8-9,18,27H,6-7,10H2,1-5H3. The van der Waals surface area contributed by atoms with Crippen LogP contribution in [0.2, 0.25) is 0 Å². The smallest absolute Gasteiger partial charge is 0.249 e. The van der Waals surface area contributed by atoms with E-state index in [0.717, 1.165) is 11.8 Å². The third-order valence-corrected chi connectivity index (χ3v) is 6.24. The van der Waals surface area contributed by atoms with Gasteiger partial charge in [-0.15, -0.1) is 24.4 Å². The normalized spacial score (nSPS) is 19.0. The van der Waals surface area contributed by atoms with E-state index >= 15 is 4.39 Å². The van der Waals surface area contributed by atoms with Gasteiger partial charge in [0.2, 0.25) is 11.8 Å². The van der Waals surface area contributed by atoms with E-state index in [4.69, 9.17) is 0 Å². The molecule has 1 atom stereocenters. The maximum Gasteiger partial charge on any atom is 0.249 e. The zero-order chi connectivity index (χ0) is 21.2. The first kappa shape index (κ1) is 22.5. The lowest BCUT2D eigenvalue weighted by Crippen LogP contribution is -2.45. The van der Waals surface area contributed by atoms with Crippen LogP contribution in [0.4, 0.5) is 10.1 Å². The van der Waals surface area contributed by atoms with Gasteiger partial charge < -0.3 is 4.90 Å². The molecule has 2 rings (SSSR count). The average Bonchev–Trinajstić information content (AvgIpc) is 2.80. The van der Waals surface area contributed by atoms with Crippen molar-refractivity contribution < 1.29 is 14.0 Å². The summed E-state index contributed by atoms with van der Waals surface area (Å²) in [6, 6.07) is 4.94. The third kappa shape index (κ3) is 4.00. The summed E-state index contributed by atoms with van der Waals surface area (Å²) in [7, 11) is 3.40. The van der Waals surface area contributed by atoms with Crippen molar-refractivity contribution in [2.75, 3.05) is 31.8 Å². The Morgan fingerprint density at radius 3 is 2.61 bits per heavy atom. The first-order chi connectivity index (χ1) is 13.1. The lowest BCUT2D eigenvalue weighted by molar-refractivity contribution is -0.128. The number of nitrogens with zero attached hydrogens (tertiary/aromatic N) is 4. The van der Waals surface area contributed by atoms with Gasteiger partial charge in [-0.25, -0.2) is 4.39 Å². The molecule has 1 unspecified atom stereocenters. The fourth-order valence-corrected chi connectivity index (χ4v) is 4.47. The van der Waals surface area contributed by atoms with Gasteiger partial charge in [0.25, 0.3) is 0 Å². The van der Waals surface area contributed by atoms with Crippen LogP contribution in [0.5, 0.6) is 0 Å². The molecule has 1 saturated heterocycles. The second-order valence-corrected chi connectivity index (χ2v) is 8.54. The molecular formula is C19H25FN4O2S2. The summed E-state index contributed by atoms with van der Waals surface area (Å²) in [6.45, 7) is 4.00. The van der Waals surface area contributed by atoms with Crippen LogP contribution >= 0.6 is 24.4 Å². The van der Waals surface area contributed by atoms with Crippen molar-refractivity contribution in [1.29, 1.82) is 5.26 Å². The first-order valence-electron chi connectivity index (χ1n) is 8.83. The molecule has 0 aromatic heterocycles. The molecule has 1 aromatic rings. The number of amides is 2. The lowest BCUT2D eigenvalue weighted by atomic mass is 10.0. The Kier molecular flexibility index (Phi) is 7.02. The topological polar surface area (TPSA) is 67.6 Å². The largest absolute Gasteiger partial charge is 0.349 e. The predicted molar refractivity (Wildman–Crippen MR) is 112 cm³/mol. The number of hydrogen-bond acceptors (Lipinski definition) is 6. The van der Waals surface area contributed by atoms with E-state index in [1.165, 1.54) is 21.9 Å². The Hall–Kier alpha value is -1.76. The van der Waals surface area contributed by atoms with Gasteiger partial charge in [0, 0.05) is 27.1 Å². The molecule has 1 heterocycles. The van der Waals surface area contributed by atoms with E-state index < -0.39 is 16.9 Å². The predicted octanol–water partition coefficient (Wildman–Crippen LogP) is 2.93. The van der Waals surface area contributed by atoms with E-state index in [1.54, 1.807) is 34.2 Å². The molecule has 0 bridgehead atoms. The Labute approximate surface area is 175 Å². The van der Waals surface area contributed by atoms with Crippen LogP contribution in [-0.2, 0) is 9.59 Å². The van der Waals surface area contributed by atoms with Crippen LogP contribution < -0.4 is 4.90 Å². The minimum Gasteiger partial charge on any atom is -0.349 e. The molecule has 1 aliphatic rings. The molecular weight excluding hydrogens is 399 g/mol. The highest BCUT2D eigenvalue weighted by Crippen LogP contribution is 2.40. The van der Waals surface area contributed by atoms with Gasteiger partial charge in [-0.1, -0.05) is 0 Å². The van der Waals surface area contributed by atoms with Crippen LogP contribution in [0.3, 0.4) is 0 Å². The van der Waals surface area contributed by atoms with Gasteiger partial charge in [-0.2, -0.15) is 5.26 Å². The van der Waals surface area contributed by atoms with Gasteiger partial charge in [-0.3, -0.25) is 19.4 Å². The molecule has 1 aromatic carbocycles. The van der Waals surface area contributed by atoms with Gasteiger partial charge in [0.05, 0.1) is 21.7 Å². The summed E-state index contributed by atoms with van der Waals surface area (Å²) in [5.74, 6) is -0.861. The molecule has 28 heavy (non-hydrogen) atoms. The van der Waals surface area contributed by atoms with Crippen LogP contribution in [0.25, 0.3) is 0 Å². The van der Waals surface area contributed by atoms with Gasteiger partial charge >= 0.3 is 0 Å². The SMILES string of the molecule is CSc1c(C#N)ccc(N2C(=O)C(C)(C)N(CCCC(=O)N(C)C)C2S)c1F. The van der Waals surface area contributed by atoms with Crippen molar-refractivity contribution in [2.24, 2.45) is 0 Å². The number of nitriles is 1. The zero-order valence-electron chi connectivity index (χ0n) is 16.7. The highest BCUT2D eigenvalue weighted by molar-refractivity contribution is 7.98. The third-order valence-electron chi connectivity index (χ3n) is 4.92. The van der Waals surface area contributed by atoms with Crippen molar-refractivity contribution >= 4 is 41.9 Å². The molecule has 152 valence electrons. The van der Waals surface area contributed by atoms with Crippen LogP contribution in [0.15, 0.2) is 17.0 Å². The van der Waals surface area contributed by atoms with Crippen LogP contribution in [0, 0.1) is 17.1 Å². The molecule has 0 saturated carbocycles. The fourth-order valence-electron chi connectivity index (χ4n) is 3.22. The second-order valence-electron chi connectivity index (χ2n) is 7.26. The van der Waals surface area contributed by atoms with Gasteiger partial charge in [0.15, 0.2) is 5.82 Å². The summed E-state index contributed by atoms with van der Waals surface area (Å²) in [5.41, 5.74) is -1.23. The minimum atomic E-state index is -0.895. The van der Waals surface area contributed by atoms with E-state index in [9.17, 15) is 14.9 Å². The molecule has 9 heteroatoms. The van der Waals surface area contributed by atoms with Crippen LogP contribution in [-0.4, -0.2) is 59.5 Å². The number of benzene rings is 1. The Morgan fingerprint density at radius 2 is 2.07 bits per heavy atom. The monoisotopic (exact) mass is 424 g/mol. The average molecular weight is 425 g/mol. The van der Waals surface area contributed by atoms with Crippen LogP contribution in [0.1, 0.15) is 32.3 Å². The van der Waals surface area contributed by atoms with E-state index in [2.05, 4.69) is 12.6 Å². The summed E-state index contributed by atoms with van der Waals surface area (Å²) in [6.07, 6.45) is 2.60. The van der Waals surface area contributed by atoms with Crippen molar-refractivity contribution in [2.45, 2.75) is 42.6 Å². The van der Waals surface area contributed by atoms with Gasteiger partial charge in [-0.05, 0) is 38.7 Å². The Morgan fingerprint density at radius 1 is 1.43 bits per heavy atom. The summed E-state index contributed by atoms with van der Waals surface area (Å²) in [4.78, 5) is 29.8. The number of rotatable bonds is 6. The summed E-state index contributed by atoms with van der Waals surface area (Å²) >= 11 is 5.71. The maximum absolute atomic E-state index is 15.1. The Bertz CT molecular complexity index is 823. The van der Waals surface area contributed by atoms with Crippen molar-refractivity contribution in [3.63, 3.8) is 0 Å². The first-order valence-corrected chi connectivity index (χ1v) is 10.6. The number of hydrogen-bond donors (Lipinski definition) is 1. The van der Waals surface area contributed by atoms with Gasteiger partial charge in [0.1, 0.15) is 11.6 Å². The number of thioether (sulfide) groups is 1. The quantitative estimate of drug-likeness (QED) is 0.562. The van der Waals surface area contributed by atoms with E-state index in [0.29, 0.717) is 19.4 Å². The highest BCUT2D eigenvalue weighted by Gasteiger charge is 2.51. The molecule has 1 aliphatic heterocycles. The summed E-state index contributed by atoms with van der Waals surface area (Å²) in [5, 5.41) is 9.18. The molecule has 0 spiro atoms. The van der Waals surface area contributed by atoms with Crippen molar-refractivity contribution in [3.8, 4) is 6.07 Å². The molecule has 6 nitrogen and oxygen atoms in total. The fraction of sp³-hybridized carbons (Fsp3) is 0.526. The highest BCUT2D eigenvalue weighted by atomic mass is 32.2. The number of halogens is 1. The van der Waals surface area contributed by atoms with E-state index in [1.807, 2.05) is 11.0 Å². The lowest BCUT2D eigenvalue weighted by Gasteiger charge is -2.31. The minimum absolute atomic E-state index is 0.0126. The molecule has 0 radical (unpaired) electrons. The van der Waals surface area contributed by atoms with E-state index in [-0.39, 0.29) is 28.0 Å². The second kappa shape index (κ2) is 8.72. The number of thiol groups is 1. The van der Waals surface area contributed by atoms with Crippen molar-refractivity contribution in [1.82, 2.24) is 9.80 Å².